The first-order valence-electron chi connectivity index (χ1n) is 6.93. The number of aryl methyl sites for hydroxylation is 2. The van der Waals surface area contributed by atoms with Gasteiger partial charge in [-0.15, -0.1) is 0 Å². The highest BCUT2D eigenvalue weighted by Crippen LogP contribution is 2.19. The third kappa shape index (κ3) is 3.45. The number of hydrogen-bond donors (Lipinski definition) is 1. The molecule has 0 spiro atoms. The van der Waals surface area contributed by atoms with Crippen LogP contribution in [-0.2, 0) is 0 Å². The SMILES string of the molecule is Cc1cc(C)n(-c2ccc(Cl)c(C(=O)N(C)C[C@@H](C)O)n2)n1. The number of carbonyl (C=O) groups is 1. The van der Waals surface area contributed by atoms with Gasteiger partial charge in [-0.2, -0.15) is 5.10 Å². The van der Waals surface area contributed by atoms with Crippen LogP contribution in [0.5, 0.6) is 0 Å². The van der Waals surface area contributed by atoms with Crippen LogP contribution in [0.1, 0.15) is 28.8 Å². The molecule has 1 atom stereocenters. The Morgan fingerprint density at radius 2 is 2.14 bits per heavy atom. The molecule has 0 saturated heterocycles. The number of likely N-dealkylation sites (N-methyl/N-ethyl adjacent to an activating group) is 1. The molecule has 0 aromatic carbocycles. The zero-order valence-corrected chi connectivity index (χ0v) is 13.8. The smallest absolute Gasteiger partial charge is 0.273 e. The third-order valence-corrected chi connectivity index (χ3v) is 3.45. The van der Waals surface area contributed by atoms with Gasteiger partial charge in [0.25, 0.3) is 5.91 Å². The number of carbonyl (C=O) groups excluding carboxylic acids is 1. The Bertz CT molecular complexity index is 697. The highest BCUT2D eigenvalue weighted by Gasteiger charge is 2.19. The van der Waals surface area contributed by atoms with Crippen molar-refractivity contribution in [1.29, 1.82) is 0 Å². The lowest BCUT2D eigenvalue weighted by Crippen LogP contribution is -2.33. The maximum Gasteiger partial charge on any atom is 0.273 e. The van der Waals surface area contributed by atoms with E-state index in [1.165, 1.54) is 4.90 Å². The largest absolute Gasteiger partial charge is 0.392 e. The first-order chi connectivity index (χ1) is 10.3. The van der Waals surface area contributed by atoms with Gasteiger partial charge < -0.3 is 10.0 Å². The third-order valence-electron chi connectivity index (χ3n) is 3.15. The Morgan fingerprint density at radius 3 is 2.68 bits per heavy atom. The lowest BCUT2D eigenvalue weighted by Gasteiger charge is -2.19. The molecule has 0 unspecified atom stereocenters. The lowest BCUT2D eigenvalue weighted by atomic mass is 10.3. The molecule has 2 rings (SSSR count). The normalized spacial score (nSPS) is 12.3. The van der Waals surface area contributed by atoms with Crippen molar-refractivity contribution in [2.45, 2.75) is 26.9 Å². The molecule has 0 bridgehead atoms. The monoisotopic (exact) mass is 322 g/mol. The number of amides is 1. The van der Waals surface area contributed by atoms with Gasteiger partial charge in [0.2, 0.25) is 0 Å². The van der Waals surface area contributed by atoms with Crippen molar-refractivity contribution in [1.82, 2.24) is 19.7 Å². The molecule has 0 saturated carbocycles. The van der Waals surface area contributed by atoms with Gasteiger partial charge in [0.15, 0.2) is 5.82 Å². The average Bonchev–Trinajstić information content (AvgIpc) is 2.76. The lowest BCUT2D eigenvalue weighted by molar-refractivity contribution is 0.0698. The zero-order valence-electron chi connectivity index (χ0n) is 13.0. The van der Waals surface area contributed by atoms with E-state index in [-0.39, 0.29) is 23.2 Å². The van der Waals surface area contributed by atoms with E-state index in [9.17, 15) is 9.90 Å². The maximum absolute atomic E-state index is 12.4. The molecule has 6 nitrogen and oxygen atoms in total. The van der Waals surface area contributed by atoms with E-state index in [0.29, 0.717) is 5.82 Å². The van der Waals surface area contributed by atoms with Crippen LogP contribution >= 0.6 is 11.6 Å². The summed E-state index contributed by atoms with van der Waals surface area (Å²) in [6, 6.07) is 5.27. The Kier molecular flexibility index (Phi) is 4.83. The fourth-order valence-corrected chi connectivity index (χ4v) is 2.41. The molecule has 1 amide bonds. The Balaban J connectivity index is 2.39. The van der Waals surface area contributed by atoms with Crippen LogP contribution in [0.4, 0.5) is 0 Å². The summed E-state index contributed by atoms with van der Waals surface area (Å²) >= 11 is 6.10. The van der Waals surface area contributed by atoms with Gasteiger partial charge in [-0.25, -0.2) is 9.67 Å². The van der Waals surface area contributed by atoms with Crippen molar-refractivity contribution in [3.63, 3.8) is 0 Å². The van der Waals surface area contributed by atoms with E-state index in [1.807, 2.05) is 19.9 Å². The zero-order chi connectivity index (χ0) is 16.4. The average molecular weight is 323 g/mol. The second-order valence-electron chi connectivity index (χ2n) is 5.37. The minimum atomic E-state index is -0.619. The molecule has 2 aromatic rings. The summed E-state index contributed by atoms with van der Waals surface area (Å²) in [5, 5.41) is 14.0. The quantitative estimate of drug-likeness (QED) is 0.934. The summed E-state index contributed by atoms with van der Waals surface area (Å²) in [5.41, 5.74) is 1.94. The predicted molar refractivity (Wildman–Crippen MR) is 84.5 cm³/mol. The van der Waals surface area contributed by atoms with E-state index in [1.54, 1.807) is 30.8 Å². The van der Waals surface area contributed by atoms with Crippen LogP contribution in [0.2, 0.25) is 5.02 Å². The molecule has 2 aromatic heterocycles. The van der Waals surface area contributed by atoms with Crippen LogP contribution in [-0.4, -0.2) is 50.4 Å². The van der Waals surface area contributed by atoms with E-state index in [2.05, 4.69) is 10.1 Å². The topological polar surface area (TPSA) is 71.2 Å². The Morgan fingerprint density at radius 1 is 1.45 bits per heavy atom. The molecule has 1 N–H and O–H groups in total. The molecule has 22 heavy (non-hydrogen) atoms. The number of halogens is 1. The predicted octanol–water partition coefficient (Wildman–Crippen LogP) is 1.99. The minimum absolute atomic E-state index is 0.148. The summed E-state index contributed by atoms with van der Waals surface area (Å²) in [5.74, 6) is 0.193. The van der Waals surface area contributed by atoms with Crippen LogP contribution < -0.4 is 0 Å². The van der Waals surface area contributed by atoms with E-state index < -0.39 is 6.10 Å². The van der Waals surface area contributed by atoms with Gasteiger partial charge >= 0.3 is 0 Å². The second kappa shape index (κ2) is 6.46. The van der Waals surface area contributed by atoms with Gasteiger partial charge in [0.1, 0.15) is 5.69 Å². The first kappa shape index (κ1) is 16.5. The molecular formula is C15H19ClN4O2. The van der Waals surface area contributed by atoms with E-state index in [0.717, 1.165) is 11.4 Å². The number of aliphatic hydroxyl groups excluding tert-OH is 1. The minimum Gasteiger partial charge on any atom is -0.392 e. The Labute approximate surface area is 134 Å². The van der Waals surface area contributed by atoms with Crippen molar-refractivity contribution in [3.05, 3.63) is 40.3 Å². The highest BCUT2D eigenvalue weighted by molar-refractivity contribution is 6.33. The first-order valence-corrected chi connectivity index (χ1v) is 7.31. The molecule has 7 heteroatoms. The van der Waals surface area contributed by atoms with E-state index >= 15 is 0 Å². The number of aliphatic hydroxyl groups is 1. The van der Waals surface area contributed by atoms with Crippen molar-refractivity contribution in [2.75, 3.05) is 13.6 Å². The van der Waals surface area contributed by atoms with Gasteiger partial charge in [0.05, 0.1) is 16.8 Å². The molecule has 0 aliphatic carbocycles. The molecule has 2 heterocycles. The highest BCUT2D eigenvalue weighted by atomic mass is 35.5. The molecule has 0 radical (unpaired) electrons. The van der Waals surface area contributed by atoms with Crippen molar-refractivity contribution < 1.29 is 9.90 Å². The van der Waals surface area contributed by atoms with Crippen molar-refractivity contribution >= 4 is 17.5 Å². The fraction of sp³-hybridized carbons (Fsp3) is 0.400. The number of rotatable bonds is 4. The number of pyridine rings is 1. The molecule has 118 valence electrons. The second-order valence-corrected chi connectivity index (χ2v) is 5.78. The summed E-state index contributed by atoms with van der Waals surface area (Å²) in [4.78, 5) is 18.1. The Hall–Kier alpha value is -1.92. The van der Waals surface area contributed by atoms with Gasteiger partial charge in [-0.1, -0.05) is 11.6 Å². The number of aromatic nitrogens is 3. The van der Waals surface area contributed by atoms with Crippen LogP contribution in [0.15, 0.2) is 18.2 Å². The summed E-state index contributed by atoms with van der Waals surface area (Å²) in [6.45, 7) is 5.63. The van der Waals surface area contributed by atoms with Crippen molar-refractivity contribution in [2.24, 2.45) is 0 Å². The van der Waals surface area contributed by atoms with Gasteiger partial charge in [-0.05, 0) is 39.0 Å². The van der Waals surface area contributed by atoms with Crippen LogP contribution in [0, 0.1) is 13.8 Å². The van der Waals surface area contributed by atoms with Crippen LogP contribution in [0.25, 0.3) is 5.82 Å². The molecule has 0 aliphatic rings. The van der Waals surface area contributed by atoms with E-state index in [4.69, 9.17) is 11.6 Å². The van der Waals surface area contributed by atoms with Crippen LogP contribution in [0.3, 0.4) is 0 Å². The fourth-order valence-electron chi connectivity index (χ4n) is 2.22. The summed E-state index contributed by atoms with van der Waals surface area (Å²) in [7, 11) is 1.60. The number of hydrogen-bond acceptors (Lipinski definition) is 4. The standard InChI is InChI=1S/C15H19ClN4O2/c1-9-7-10(2)20(18-9)13-6-5-12(16)14(17-13)15(22)19(4)8-11(3)21/h5-7,11,21H,8H2,1-4H3/t11-/m1/s1. The molecule has 0 fully saturated rings. The maximum atomic E-state index is 12.4. The summed E-state index contributed by atoms with van der Waals surface area (Å²) < 4.78 is 1.66. The van der Waals surface area contributed by atoms with Gasteiger partial charge in [-0.3, -0.25) is 4.79 Å². The van der Waals surface area contributed by atoms with Gasteiger partial charge in [0, 0.05) is 19.3 Å². The van der Waals surface area contributed by atoms with Crippen molar-refractivity contribution in [3.8, 4) is 5.82 Å². The molecule has 0 aliphatic heterocycles. The summed E-state index contributed by atoms with van der Waals surface area (Å²) in [6.07, 6.45) is -0.619. The molecular weight excluding hydrogens is 304 g/mol. The number of nitrogens with zero attached hydrogens (tertiary/aromatic N) is 4.